The Labute approximate surface area is 124 Å². The van der Waals surface area contributed by atoms with Crippen molar-refractivity contribution in [3.8, 4) is 5.75 Å². The van der Waals surface area contributed by atoms with Gasteiger partial charge in [0.05, 0.1) is 17.4 Å². The molecule has 1 amide bonds. The summed E-state index contributed by atoms with van der Waals surface area (Å²) < 4.78 is 38.7. The van der Waals surface area contributed by atoms with Gasteiger partial charge in [0.25, 0.3) is 5.91 Å². The summed E-state index contributed by atoms with van der Waals surface area (Å²) in [5.41, 5.74) is 0.277. The van der Waals surface area contributed by atoms with E-state index in [-0.39, 0.29) is 11.3 Å². The number of phenols is 1. The Hall–Kier alpha value is -2.25. The summed E-state index contributed by atoms with van der Waals surface area (Å²) in [4.78, 5) is 24.1. The molecule has 120 valence electrons. The van der Waals surface area contributed by atoms with E-state index in [4.69, 9.17) is 5.11 Å². The van der Waals surface area contributed by atoms with E-state index in [9.17, 15) is 27.9 Å². The summed E-state index contributed by atoms with van der Waals surface area (Å²) in [6, 6.07) is 4.34. The molecule has 2 rings (SSSR count). The molecule has 8 heteroatoms. The summed E-state index contributed by atoms with van der Waals surface area (Å²) in [7, 11) is 0. The van der Waals surface area contributed by atoms with Crippen LogP contribution in [-0.2, 0) is 4.79 Å². The van der Waals surface area contributed by atoms with Crippen LogP contribution in [0.4, 0.5) is 13.2 Å². The Bertz CT molecular complexity index is 615. The van der Waals surface area contributed by atoms with Crippen molar-refractivity contribution in [3.63, 3.8) is 0 Å². The average molecular weight is 317 g/mol. The van der Waals surface area contributed by atoms with E-state index in [1.54, 1.807) is 13.0 Å². The van der Waals surface area contributed by atoms with E-state index in [0.717, 1.165) is 4.90 Å². The lowest BCUT2D eigenvalue weighted by atomic mass is 9.96. The first-order chi connectivity index (χ1) is 10.1. The number of carboxylic acid groups (broad SMARTS) is 1. The second kappa shape index (κ2) is 5.51. The molecule has 0 aliphatic carbocycles. The van der Waals surface area contributed by atoms with Crippen molar-refractivity contribution in [1.29, 1.82) is 0 Å². The number of amides is 1. The highest BCUT2D eigenvalue weighted by Crippen LogP contribution is 2.38. The number of carbonyl (C=O) groups excluding carboxylic acids is 1. The van der Waals surface area contributed by atoms with Crippen LogP contribution in [0.3, 0.4) is 0 Å². The van der Waals surface area contributed by atoms with Crippen LogP contribution in [0.15, 0.2) is 18.2 Å². The number of carbonyl (C=O) groups is 2. The predicted molar refractivity (Wildman–Crippen MR) is 69.4 cm³/mol. The van der Waals surface area contributed by atoms with Gasteiger partial charge in [-0.25, -0.2) is 0 Å². The van der Waals surface area contributed by atoms with Gasteiger partial charge < -0.3 is 15.1 Å². The number of benzene rings is 1. The normalized spacial score (nSPS) is 21.9. The van der Waals surface area contributed by atoms with Crippen LogP contribution in [0.2, 0.25) is 0 Å². The van der Waals surface area contributed by atoms with Crippen LogP contribution < -0.4 is 0 Å². The molecule has 2 atom stereocenters. The molecule has 0 unspecified atom stereocenters. The number of phenolic OH excluding ortho intramolecular Hbond substituents is 1. The molecular formula is C14H14F3NO4. The van der Waals surface area contributed by atoms with Crippen molar-refractivity contribution in [1.82, 2.24) is 4.90 Å². The molecular weight excluding hydrogens is 303 g/mol. The lowest BCUT2D eigenvalue weighted by molar-refractivity contribution is -0.187. The first-order valence-corrected chi connectivity index (χ1v) is 6.50. The molecule has 1 aliphatic heterocycles. The van der Waals surface area contributed by atoms with Gasteiger partial charge in [-0.05, 0) is 18.6 Å². The second-order valence-electron chi connectivity index (χ2n) is 5.27. The van der Waals surface area contributed by atoms with Crippen molar-refractivity contribution in [2.24, 2.45) is 11.8 Å². The van der Waals surface area contributed by atoms with E-state index in [1.165, 1.54) is 12.1 Å². The van der Waals surface area contributed by atoms with E-state index >= 15 is 0 Å². The van der Waals surface area contributed by atoms with Gasteiger partial charge in [-0.1, -0.05) is 12.1 Å². The van der Waals surface area contributed by atoms with E-state index in [0.29, 0.717) is 5.56 Å². The minimum atomic E-state index is -4.70. The van der Waals surface area contributed by atoms with Crippen molar-refractivity contribution in [3.05, 3.63) is 29.3 Å². The number of hydrogen-bond donors (Lipinski definition) is 2. The molecule has 2 N–H and O–H groups in total. The number of nitrogens with zero attached hydrogens (tertiary/aromatic N) is 1. The number of carboxylic acids is 1. The van der Waals surface area contributed by atoms with Crippen molar-refractivity contribution < 1.29 is 33.0 Å². The molecule has 0 aromatic heterocycles. The number of likely N-dealkylation sites (tertiary alicyclic amines) is 1. The molecule has 1 aromatic carbocycles. The highest BCUT2D eigenvalue weighted by atomic mass is 19.4. The number of rotatable bonds is 2. The molecule has 1 fully saturated rings. The second-order valence-corrected chi connectivity index (χ2v) is 5.27. The van der Waals surface area contributed by atoms with E-state index in [2.05, 4.69) is 0 Å². The molecule has 1 aliphatic rings. The summed E-state index contributed by atoms with van der Waals surface area (Å²) in [5.74, 6) is -6.52. The van der Waals surface area contributed by atoms with Gasteiger partial charge in [0.15, 0.2) is 0 Å². The maximum Gasteiger partial charge on any atom is 0.394 e. The zero-order valence-corrected chi connectivity index (χ0v) is 11.6. The fourth-order valence-corrected chi connectivity index (χ4v) is 2.55. The third-order valence-electron chi connectivity index (χ3n) is 3.81. The van der Waals surface area contributed by atoms with Gasteiger partial charge in [-0.15, -0.1) is 0 Å². The molecule has 0 radical (unpaired) electrons. The molecule has 0 bridgehead atoms. The van der Waals surface area contributed by atoms with E-state index in [1.807, 2.05) is 0 Å². The monoisotopic (exact) mass is 317 g/mol. The van der Waals surface area contributed by atoms with Crippen LogP contribution in [0, 0.1) is 18.8 Å². The topological polar surface area (TPSA) is 77.8 Å². The lowest BCUT2D eigenvalue weighted by Crippen LogP contribution is -2.34. The summed E-state index contributed by atoms with van der Waals surface area (Å²) in [5, 5.41) is 18.8. The first-order valence-electron chi connectivity index (χ1n) is 6.50. The Balaban J connectivity index is 2.29. The Morgan fingerprint density at radius 1 is 1.27 bits per heavy atom. The Morgan fingerprint density at radius 3 is 2.41 bits per heavy atom. The van der Waals surface area contributed by atoms with Crippen LogP contribution >= 0.6 is 0 Å². The SMILES string of the molecule is Cc1cccc(C(=O)N2C[C@@H](C(F)(F)F)[C@H](C(=O)O)C2)c1O. The van der Waals surface area contributed by atoms with Crippen molar-refractivity contribution >= 4 is 11.9 Å². The zero-order chi connectivity index (χ0) is 16.7. The molecule has 0 spiro atoms. The highest BCUT2D eigenvalue weighted by molar-refractivity contribution is 5.97. The number of aryl methyl sites for hydroxylation is 1. The number of aliphatic carboxylic acids is 1. The van der Waals surface area contributed by atoms with E-state index < -0.39 is 43.0 Å². The summed E-state index contributed by atoms with van der Waals surface area (Å²) >= 11 is 0. The van der Waals surface area contributed by atoms with Crippen molar-refractivity contribution in [2.75, 3.05) is 13.1 Å². The Kier molecular flexibility index (Phi) is 4.04. The third-order valence-corrected chi connectivity index (χ3v) is 3.81. The van der Waals surface area contributed by atoms with Crippen LogP contribution in [-0.4, -0.2) is 46.3 Å². The molecule has 1 heterocycles. The van der Waals surface area contributed by atoms with Gasteiger partial charge in [-0.3, -0.25) is 9.59 Å². The fraction of sp³-hybridized carbons (Fsp3) is 0.429. The maximum atomic E-state index is 12.9. The minimum Gasteiger partial charge on any atom is -0.507 e. The number of para-hydroxylation sites is 1. The number of aromatic hydroxyl groups is 1. The molecule has 1 saturated heterocycles. The molecule has 0 saturated carbocycles. The number of alkyl halides is 3. The highest BCUT2D eigenvalue weighted by Gasteiger charge is 2.53. The van der Waals surface area contributed by atoms with Gasteiger partial charge in [0, 0.05) is 13.1 Å². The molecule has 1 aromatic rings. The summed E-state index contributed by atoms with van der Waals surface area (Å²) in [6.45, 7) is 0.285. The van der Waals surface area contributed by atoms with Crippen LogP contribution in [0.1, 0.15) is 15.9 Å². The van der Waals surface area contributed by atoms with Gasteiger partial charge in [0.2, 0.25) is 0 Å². The largest absolute Gasteiger partial charge is 0.507 e. The molecule has 22 heavy (non-hydrogen) atoms. The minimum absolute atomic E-state index is 0.132. The van der Waals surface area contributed by atoms with Crippen LogP contribution in [0.25, 0.3) is 0 Å². The van der Waals surface area contributed by atoms with Crippen LogP contribution in [0.5, 0.6) is 5.75 Å². The number of halogens is 3. The summed E-state index contributed by atoms with van der Waals surface area (Å²) in [6.07, 6.45) is -4.70. The fourth-order valence-electron chi connectivity index (χ4n) is 2.55. The molecule has 5 nitrogen and oxygen atoms in total. The predicted octanol–water partition coefficient (Wildman–Crippen LogP) is 2.04. The zero-order valence-electron chi connectivity index (χ0n) is 11.6. The third kappa shape index (κ3) is 2.86. The van der Waals surface area contributed by atoms with Gasteiger partial charge in [0.1, 0.15) is 5.75 Å². The standard InChI is InChI=1S/C14H14F3NO4/c1-7-3-2-4-8(11(7)19)12(20)18-5-9(13(21)22)10(6-18)14(15,16)17/h2-4,9-10,19H,5-6H2,1H3,(H,21,22)/t9-,10-/m1/s1. The number of hydrogen-bond acceptors (Lipinski definition) is 3. The first kappa shape index (κ1) is 16.1. The van der Waals surface area contributed by atoms with Crippen molar-refractivity contribution in [2.45, 2.75) is 13.1 Å². The maximum absolute atomic E-state index is 12.9. The quantitative estimate of drug-likeness (QED) is 0.875. The van der Waals surface area contributed by atoms with Gasteiger partial charge >= 0.3 is 12.1 Å². The Morgan fingerprint density at radius 2 is 1.91 bits per heavy atom. The smallest absolute Gasteiger partial charge is 0.394 e. The van der Waals surface area contributed by atoms with Gasteiger partial charge in [-0.2, -0.15) is 13.2 Å². The lowest BCUT2D eigenvalue weighted by Gasteiger charge is -2.19. The average Bonchev–Trinajstić information content (AvgIpc) is 2.86.